The summed E-state index contributed by atoms with van der Waals surface area (Å²) in [7, 11) is 0. The van der Waals surface area contributed by atoms with Gasteiger partial charge in [0.1, 0.15) is 16.7 Å². The molecule has 0 unspecified atom stereocenters. The van der Waals surface area contributed by atoms with Crippen LogP contribution < -0.4 is 5.43 Å². The Bertz CT molecular complexity index is 1160. The summed E-state index contributed by atoms with van der Waals surface area (Å²) in [4.78, 5) is 13.2. The highest BCUT2D eigenvalue weighted by Crippen LogP contribution is 2.42. The van der Waals surface area contributed by atoms with Crippen molar-refractivity contribution in [3.05, 3.63) is 77.0 Å². The van der Waals surface area contributed by atoms with E-state index < -0.39 is 22.7 Å². The van der Waals surface area contributed by atoms with Crippen molar-refractivity contribution in [2.75, 3.05) is 0 Å². The molecule has 0 radical (unpaired) electrons. The average molecular weight is 346 g/mol. The number of fused-ring (bicyclic) bond motifs is 1. The molecule has 0 saturated carbocycles. The largest absolute Gasteiger partial charge is 0.504 e. The fourth-order valence-electron chi connectivity index (χ4n) is 2.97. The van der Waals surface area contributed by atoms with Gasteiger partial charge in [0.15, 0.2) is 11.5 Å². The molecular formula is C21H14O5. The molecule has 0 atom stereocenters. The van der Waals surface area contributed by atoms with Gasteiger partial charge in [-0.05, 0) is 5.56 Å². The first-order valence-corrected chi connectivity index (χ1v) is 7.93. The van der Waals surface area contributed by atoms with Crippen LogP contribution >= 0.6 is 0 Å². The zero-order chi connectivity index (χ0) is 18.3. The summed E-state index contributed by atoms with van der Waals surface area (Å²) in [5, 5.41) is 29.6. The van der Waals surface area contributed by atoms with Gasteiger partial charge in [0.2, 0.25) is 11.2 Å². The second kappa shape index (κ2) is 5.97. The molecule has 128 valence electrons. The van der Waals surface area contributed by atoms with E-state index in [0.717, 1.165) is 6.07 Å². The minimum atomic E-state index is -0.753. The number of aromatic hydroxyl groups is 3. The van der Waals surface area contributed by atoms with Crippen LogP contribution in [0.1, 0.15) is 0 Å². The standard InChI is InChI=1S/C21H14O5/c22-14-11-15-17(20(25)18(14)23)19(24)16(12-7-3-1-4-8-12)21(26-15)13-9-5-2-6-10-13/h1-11,22-23,25H. The second-order valence-corrected chi connectivity index (χ2v) is 5.83. The first-order valence-electron chi connectivity index (χ1n) is 7.93. The molecule has 26 heavy (non-hydrogen) atoms. The summed E-state index contributed by atoms with van der Waals surface area (Å²) in [6, 6.07) is 19.2. The Labute approximate surface area is 148 Å². The lowest BCUT2D eigenvalue weighted by molar-refractivity contribution is 0.370. The van der Waals surface area contributed by atoms with E-state index in [1.807, 2.05) is 24.3 Å². The summed E-state index contributed by atoms with van der Waals surface area (Å²) >= 11 is 0. The average Bonchev–Trinajstić information content (AvgIpc) is 2.67. The molecule has 3 aromatic carbocycles. The normalized spacial score (nSPS) is 10.9. The quantitative estimate of drug-likeness (QED) is 0.472. The molecule has 0 amide bonds. The highest BCUT2D eigenvalue weighted by Gasteiger charge is 2.22. The summed E-state index contributed by atoms with van der Waals surface area (Å²) < 4.78 is 5.90. The second-order valence-electron chi connectivity index (χ2n) is 5.83. The van der Waals surface area contributed by atoms with Crippen LogP contribution in [0.4, 0.5) is 0 Å². The van der Waals surface area contributed by atoms with E-state index in [1.165, 1.54) is 0 Å². The number of rotatable bonds is 2. The molecule has 5 nitrogen and oxygen atoms in total. The molecule has 3 N–H and O–H groups in total. The molecule has 4 rings (SSSR count). The van der Waals surface area contributed by atoms with Gasteiger partial charge in [0, 0.05) is 11.6 Å². The molecule has 4 aromatic rings. The highest BCUT2D eigenvalue weighted by atomic mass is 16.3. The topological polar surface area (TPSA) is 90.9 Å². The van der Waals surface area contributed by atoms with Gasteiger partial charge in [-0.1, -0.05) is 60.7 Å². The fourth-order valence-corrected chi connectivity index (χ4v) is 2.97. The van der Waals surface area contributed by atoms with Gasteiger partial charge in [-0.3, -0.25) is 4.79 Å². The van der Waals surface area contributed by atoms with Gasteiger partial charge in [-0.2, -0.15) is 0 Å². The van der Waals surface area contributed by atoms with Crippen molar-refractivity contribution in [3.63, 3.8) is 0 Å². The molecule has 0 aliphatic carbocycles. The van der Waals surface area contributed by atoms with Crippen LogP contribution in [0.15, 0.2) is 75.9 Å². The molecule has 0 saturated heterocycles. The van der Waals surface area contributed by atoms with E-state index >= 15 is 0 Å². The summed E-state index contributed by atoms with van der Waals surface area (Å²) in [6.45, 7) is 0. The van der Waals surface area contributed by atoms with Crippen molar-refractivity contribution in [2.45, 2.75) is 0 Å². The molecule has 0 bridgehead atoms. The number of phenols is 3. The van der Waals surface area contributed by atoms with E-state index in [2.05, 4.69) is 0 Å². The molecular weight excluding hydrogens is 332 g/mol. The van der Waals surface area contributed by atoms with Gasteiger partial charge in [0.05, 0.1) is 5.56 Å². The summed E-state index contributed by atoms with van der Waals surface area (Å²) in [5.74, 6) is -1.70. The SMILES string of the molecule is O=c1c(-c2ccccc2)c(-c2ccccc2)oc2cc(O)c(O)c(O)c12. The Morgan fingerprint density at radius 1 is 0.731 bits per heavy atom. The molecule has 5 heteroatoms. The zero-order valence-corrected chi connectivity index (χ0v) is 13.5. The highest BCUT2D eigenvalue weighted by molar-refractivity contribution is 5.94. The maximum Gasteiger partial charge on any atom is 0.205 e. The van der Waals surface area contributed by atoms with Crippen molar-refractivity contribution in [1.29, 1.82) is 0 Å². The lowest BCUT2D eigenvalue weighted by atomic mass is 9.98. The third-order valence-corrected chi connectivity index (χ3v) is 4.21. The number of benzene rings is 3. The first-order chi connectivity index (χ1) is 12.6. The Kier molecular flexibility index (Phi) is 3.62. The van der Waals surface area contributed by atoms with Gasteiger partial charge in [0.25, 0.3) is 0 Å². The predicted molar refractivity (Wildman–Crippen MR) is 98.4 cm³/mol. The molecule has 0 fully saturated rings. The fraction of sp³-hybridized carbons (Fsp3) is 0. The van der Waals surface area contributed by atoms with Crippen LogP contribution in [0.5, 0.6) is 17.2 Å². The first kappa shape index (κ1) is 15.8. The zero-order valence-electron chi connectivity index (χ0n) is 13.5. The summed E-state index contributed by atoms with van der Waals surface area (Å²) in [6.07, 6.45) is 0. The molecule has 0 aliphatic heterocycles. The van der Waals surface area contributed by atoms with Crippen molar-refractivity contribution in [1.82, 2.24) is 0 Å². The van der Waals surface area contributed by atoms with Crippen LogP contribution in [0, 0.1) is 0 Å². The molecule has 1 heterocycles. The number of hydrogen-bond acceptors (Lipinski definition) is 5. The Morgan fingerprint density at radius 2 is 1.31 bits per heavy atom. The third-order valence-electron chi connectivity index (χ3n) is 4.21. The Balaban J connectivity index is 2.19. The van der Waals surface area contributed by atoms with Crippen LogP contribution in [0.3, 0.4) is 0 Å². The van der Waals surface area contributed by atoms with Crippen molar-refractivity contribution >= 4 is 11.0 Å². The molecule has 0 aliphatic rings. The van der Waals surface area contributed by atoms with Crippen LogP contribution in [0.2, 0.25) is 0 Å². The smallest absolute Gasteiger partial charge is 0.205 e. The lowest BCUT2D eigenvalue weighted by Gasteiger charge is -2.12. The number of phenolic OH excluding ortho intramolecular Hbond substituents is 3. The summed E-state index contributed by atoms with van der Waals surface area (Å²) in [5.41, 5.74) is 1.06. The lowest BCUT2D eigenvalue weighted by Crippen LogP contribution is -2.07. The minimum absolute atomic E-state index is 0.0127. The van der Waals surface area contributed by atoms with E-state index in [9.17, 15) is 20.1 Å². The van der Waals surface area contributed by atoms with Crippen molar-refractivity contribution in [3.8, 4) is 39.7 Å². The maximum absolute atomic E-state index is 13.2. The van der Waals surface area contributed by atoms with Crippen molar-refractivity contribution < 1.29 is 19.7 Å². The van der Waals surface area contributed by atoms with Gasteiger partial charge >= 0.3 is 0 Å². The number of hydrogen-bond donors (Lipinski definition) is 3. The predicted octanol–water partition coefficient (Wildman–Crippen LogP) is 4.24. The Morgan fingerprint density at radius 3 is 1.92 bits per heavy atom. The van der Waals surface area contributed by atoms with Gasteiger partial charge in [-0.25, -0.2) is 0 Å². The Hall–Kier alpha value is -3.73. The monoisotopic (exact) mass is 346 g/mol. The van der Waals surface area contributed by atoms with E-state index in [4.69, 9.17) is 4.42 Å². The van der Waals surface area contributed by atoms with E-state index in [0.29, 0.717) is 16.9 Å². The van der Waals surface area contributed by atoms with E-state index in [1.54, 1.807) is 36.4 Å². The third kappa shape index (κ3) is 2.38. The van der Waals surface area contributed by atoms with Crippen LogP contribution in [-0.4, -0.2) is 15.3 Å². The molecule has 1 aromatic heterocycles. The maximum atomic E-state index is 13.2. The van der Waals surface area contributed by atoms with Crippen LogP contribution in [-0.2, 0) is 0 Å². The molecule has 0 spiro atoms. The van der Waals surface area contributed by atoms with E-state index in [-0.39, 0.29) is 16.5 Å². The minimum Gasteiger partial charge on any atom is -0.504 e. The van der Waals surface area contributed by atoms with Crippen molar-refractivity contribution in [2.24, 2.45) is 0 Å². The van der Waals surface area contributed by atoms with Crippen LogP contribution in [0.25, 0.3) is 33.4 Å². The van der Waals surface area contributed by atoms with Gasteiger partial charge in [-0.15, -0.1) is 0 Å². The van der Waals surface area contributed by atoms with Gasteiger partial charge < -0.3 is 19.7 Å².